The van der Waals surface area contributed by atoms with Crippen LogP contribution in [0.3, 0.4) is 0 Å². The molecule has 0 spiro atoms. The van der Waals surface area contributed by atoms with Gasteiger partial charge in [0.15, 0.2) is 18.1 Å². The number of methoxy groups -OCH3 is 1. The van der Waals surface area contributed by atoms with Crippen LogP contribution < -0.4 is 19.8 Å². The Morgan fingerprint density at radius 1 is 1.08 bits per heavy atom. The van der Waals surface area contributed by atoms with Crippen molar-refractivity contribution in [1.82, 2.24) is 0 Å². The van der Waals surface area contributed by atoms with Crippen LogP contribution in [0.4, 0.5) is 24.5 Å². The molecule has 0 fully saturated rings. The van der Waals surface area contributed by atoms with E-state index in [-0.39, 0.29) is 23.1 Å². The Bertz CT molecular complexity index is 1500. The topological polar surface area (TPSA) is 80.2 Å². The van der Waals surface area contributed by atoms with Crippen LogP contribution in [-0.2, 0) is 15.8 Å². The van der Waals surface area contributed by atoms with E-state index in [4.69, 9.17) is 9.47 Å². The van der Waals surface area contributed by atoms with Crippen molar-refractivity contribution in [3.05, 3.63) is 87.4 Å². The van der Waals surface area contributed by atoms with Gasteiger partial charge < -0.3 is 14.8 Å². The van der Waals surface area contributed by atoms with Gasteiger partial charge in [-0.1, -0.05) is 34.1 Å². The minimum absolute atomic E-state index is 0.00786. The number of hydrogen-bond donors (Lipinski definition) is 1. The first kappa shape index (κ1) is 27.9. The number of nitrogens with zero attached hydrogens (tertiary/aromatic N) is 2. The number of carbonyl (C=O) groups is 2. The third-order valence-electron chi connectivity index (χ3n) is 5.72. The maximum Gasteiger partial charge on any atom is 0.416 e. The zero-order valence-corrected chi connectivity index (χ0v) is 22.7. The van der Waals surface area contributed by atoms with Crippen LogP contribution in [0.1, 0.15) is 23.6 Å². The number of nitrogens with one attached hydrogen (secondary N) is 1. The quantitative estimate of drug-likeness (QED) is 0.309. The van der Waals surface area contributed by atoms with Gasteiger partial charge in [0.2, 0.25) is 0 Å². The van der Waals surface area contributed by atoms with E-state index in [1.807, 2.05) is 25.1 Å². The minimum atomic E-state index is -4.53. The molecule has 0 unspecified atom stereocenters. The van der Waals surface area contributed by atoms with E-state index in [2.05, 4.69) is 26.3 Å². The van der Waals surface area contributed by atoms with Crippen LogP contribution in [0.2, 0.25) is 0 Å². The summed E-state index contributed by atoms with van der Waals surface area (Å²) in [5.74, 6) is -0.434. The summed E-state index contributed by atoms with van der Waals surface area (Å²) in [6.07, 6.45) is -2.85. The van der Waals surface area contributed by atoms with Crippen molar-refractivity contribution < 1.29 is 32.2 Å². The lowest BCUT2D eigenvalue weighted by Gasteiger charge is -2.14. The summed E-state index contributed by atoms with van der Waals surface area (Å²) in [5, 5.41) is 8.14. The Morgan fingerprint density at radius 2 is 1.82 bits per heavy atom. The molecule has 0 radical (unpaired) electrons. The molecule has 3 aromatic rings. The predicted molar refractivity (Wildman–Crippen MR) is 146 cm³/mol. The number of carbonyl (C=O) groups excluding carboxylic acids is 2. The zero-order valence-electron chi connectivity index (χ0n) is 21.1. The number of ether oxygens (including phenoxy) is 2. The van der Waals surface area contributed by atoms with Gasteiger partial charge in [-0.15, -0.1) is 0 Å². The molecule has 1 aliphatic heterocycles. The Hall–Kier alpha value is -4.12. The van der Waals surface area contributed by atoms with Gasteiger partial charge in [0.25, 0.3) is 11.8 Å². The molecule has 0 atom stereocenters. The van der Waals surface area contributed by atoms with Crippen molar-refractivity contribution in [2.24, 2.45) is 5.10 Å². The van der Waals surface area contributed by atoms with Gasteiger partial charge in [-0.25, -0.2) is 0 Å². The van der Waals surface area contributed by atoms with Crippen molar-refractivity contribution in [2.75, 3.05) is 24.0 Å². The first-order chi connectivity index (χ1) is 18.5. The van der Waals surface area contributed by atoms with Crippen molar-refractivity contribution in [2.45, 2.75) is 20.0 Å². The van der Waals surface area contributed by atoms with E-state index < -0.39 is 24.3 Å². The summed E-state index contributed by atoms with van der Waals surface area (Å²) in [7, 11) is 1.42. The molecule has 1 aliphatic rings. The molecular formula is C28H23BrF3N3O4. The highest BCUT2D eigenvalue weighted by Crippen LogP contribution is 2.36. The van der Waals surface area contributed by atoms with Crippen LogP contribution in [-0.4, -0.2) is 31.2 Å². The fraction of sp³-hybridized carbons (Fsp3) is 0.179. The normalized spacial score (nSPS) is 14.4. The smallest absolute Gasteiger partial charge is 0.416 e. The molecule has 39 heavy (non-hydrogen) atoms. The molecule has 0 aromatic heterocycles. The summed E-state index contributed by atoms with van der Waals surface area (Å²) < 4.78 is 50.3. The maximum absolute atomic E-state index is 13.1. The highest BCUT2D eigenvalue weighted by molar-refractivity contribution is 9.10. The fourth-order valence-electron chi connectivity index (χ4n) is 3.82. The van der Waals surface area contributed by atoms with Crippen LogP contribution in [0.5, 0.6) is 11.5 Å². The van der Waals surface area contributed by atoms with Crippen molar-refractivity contribution in [1.29, 1.82) is 0 Å². The molecule has 202 valence electrons. The number of rotatable bonds is 7. The molecule has 1 heterocycles. The second-order valence-electron chi connectivity index (χ2n) is 8.64. The lowest BCUT2D eigenvalue weighted by molar-refractivity contribution is -0.137. The minimum Gasteiger partial charge on any atom is -0.493 e. The van der Waals surface area contributed by atoms with Crippen molar-refractivity contribution in [3.8, 4) is 11.5 Å². The van der Waals surface area contributed by atoms with Gasteiger partial charge in [0, 0.05) is 10.2 Å². The number of hydrazone groups is 1. The van der Waals surface area contributed by atoms with Gasteiger partial charge in [0.05, 0.1) is 29.6 Å². The first-order valence-electron chi connectivity index (χ1n) is 11.6. The van der Waals surface area contributed by atoms with Gasteiger partial charge in [-0.3, -0.25) is 9.59 Å². The van der Waals surface area contributed by atoms with Crippen molar-refractivity contribution >= 4 is 50.9 Å². The van der Waals surface area contributed by atoms with Gasteiger partial charge >= 0.3 is 6.18 Å². The number of aryl methyl sites for hydroxylation is 1. The molecule has 0 aliphatic carbocycles. The second kappa shape index (κ2) is 11.3. The molecular weight excluding hydrogens is 579 g/mol. The summed E-state index contributed by atoms with van der Waals surface area (Å²) in [4.78, 5) is 25.5. The molecule has 2 amide bonds. The first-order valence-corrected chi connectivity index (χ1v) is 12.4. The zero-order chi connectivity index (χ0) is 28.3. The summed E-state index contributed by atoms with van der Waals surface area (Å²) in [6.45, 7) is 3.19. The molecule has 0 bridgehead atoms. The van der Waals surface area contributed by atoms with E-state index in [0.717, 1.165) is 17.7 Å². The fourth-order valence-corrected chi connectivity index (χ4v) is 4.26. The average molecular weight is 602 g/mol. The molecule has 4 rings (SSSR count). The molecule has 3 aromatic carbocycles. The highest BCUT2D eigenvalue weighted by atomic mass is 79.9. The Morgan fingerprint density at radius 3 is 2.51 bits per heavy atom. The third kappa shape index (κ3) is 6.48. The van der Waals surface area contributed by atoms with Crippen LogP contribution in [0.15, 0.2) is 75.8 Å². The standard InChI is InChI=1S/C28H23BrF3N3O4/c1-16-6-4-9-21(10-16)35-27(37)22(17(2)34-35)11-18-12-24(38-3)25(14-23(18)29)39-15-26(36)33-20-8-5-7-19(13-20)28(30,31)32/h4-14H,15H2,1-3H3,(H,33,36)/b22-11+. The monoisotopic (exact) mass is 601 g/mol. The summed E-state index contributed by atoms with van der Waals surface area (Å²) in [5.41, 5.74) is 2.32. The van der Waals surface area contributed by atoms with Gasteiger partial charge in [-0.2, -0.15) is 23.3 Å². The molecule has 0 saturated heterocycles. The van der Waals surface area contributed by atoms with Gasteiger partial charge in [-0.05, 0) is 73.5 Å². The average Bonchev–Trinajstić information content (AvgIpc) is 3.16. The molecule has 11 heteroatoms. The van der Waals surface area contributed by atoms with Crippen LogP contribution >= 0.6 is 15.9 Å². The predicted octanol–water partition coefficient (Wildman–Crippen LogP) is 6.61. The molecule has 7 nitrogen and oxygen atoms in total. The number of amides is 2. The van der Waals surface area contributed by atoms with E-state index in [1.165, 1.54) is 24.3 Å². The maximum atomic E-state index is 13.1. The number of anilines is 2. The van der Waals surface area contributed by atoms with Crippen molar-refractivity contribution in [3.63, 3.8) is 0 Å². The number of hydrogen-bond acceptors (Lipinski definition) is 5. The van der Waals surface area contributed by atoms with Crippen LogP contribution in [0, 0.1) is 6.92 Å². The third-order valence-corrected chi connectivity index (χ3v) is 6.41. The lowest BCUT2D eigenvalue weighted by atomic mass is 10.1. The summed E-state index contributed by atoms with van der Waals surface area (Å²) in [6, 6.07) is 15.0. The SMILES string of the molecule is COc1cc(/C=C2/C(=O)N(c3cccc(C)c3)N=C2C)c(Br)cc1OCC(=O)Nc1cccc(C(F)(F)F)c1. The Balaban J connectivity index is 1.49. The highest BCUT2D eigenvalue weighted by Gasteiger charge is 2.31. The Labute approximate surface area is 231 Å². The molecule has 0 saturated carbocycles. The Kier molecular flexibility index (Phi) is 8.10. The number of benzene rings is 3. The van der Waals surface area contributed by atoms with E-state index in [0.29, 0.717) is 27.0 Å². The second-order valence-corrected chi connectivity index (χ2v) is 9.49. The van der Waals surface area contributed by atoms with E-state index in [1.54, 1.807) is 31.2 Å². The largest absolute Gasteiger partial charge is 0.493 e. The van der Waals surface area contributed by atoms with Crippen LogP contribution in [0.25, 0.3) is 6.08 Å². The molecule has 1 N–H and O–H groups in total. The van der Waals surface area contributed by atoms with Gasteiger partial charge in [0.1, 0.15) is 0 Å². The number of alkyl halides is 3. The number of halogens is 4. The lowest BCUT2D eigenvalue weighted by Crippen LogP contribution is -2.21. The summed E-state index contributed by atoms with van der Waals surface area (Å²) >= 11 is 3.46. The van der Waals surface area contributed by atoms with E-state index in [9.17, 15) is 22.8 Å². The van der Waals surface area contributed by atoms with E-state index >= 15 is 0 Å².